The van der Waals surface area contributed by atoms with Crippen molar-refractivity contribution in [1.82, 2.24) is 0 Å². The van der Waals surface area contributed by atoms with E-state index in [4.69, 9.17) is 18.5 Å². The highest BCUT2D eigenvalue weighted by molar-refractivity contribution is 7.47. The van der Waals surface area contributed by atoms with Crippen LogP contribution in [0.25, 0.3) is 0 Å². The van der Waals surface area contributed by atoms with Gasteiger partial charge in [0.2, 0.25) is 0 Å². The third-order valence-electron chi connectivity index (χ3n) is 10.1. The fraction of sp³-hybridized carbons (Fsp3) is 0.911. The molecule has 320 valence electrons. The number of phosphoric ester groups is 1. The number of carbonyl (C=O) groups excluding carboxylic acids is 2. The molecule has 0 spiro atoms. The lowest BCUT2D eigenvalue weighted by Crippen LogP contribution is -2.29. The molecule has 0 amide bonds. The minimum atomic E-state index is -4.28. The summed E-state index contributed by atoms with van der Waals surface area (Å²) in [5.74, 6) is -0.796. The lowest BCUT2D eigenvalue weighted by molar-refractivity contribution is -0.161. The largest absolute Gasteiger partial charge is 0.472 e. The third kappa shape index (κ3) is 40.5. The van der Waals surface area contributed by atoms with E-state index in [-0.39, 0.29) is 25.6 Å². The molecule has 0 bridgehead atoms. The molecule has 2 atom stereocenters. The topological polar surface area (TPSA) is 108 Å². The Kier molecular flexibility index (Phi) is 40.5. The molecule has 0 aromatic rings. The Labute approximate surface area is 333 Å². The number of rotatable bonds is 43. The van der Waals surface area contributed by atoms with Crippen LogP contribution in [-0.2, 0) is 32.7 Å². The Balaban J connectivity index is 3.93. The van der Waals surface area contributed by atoms with Gasteiger partial charge in [0.25, 0.3) is 0 Å². The van der Waals surface area contributed by atoms with Crippen molar-refractivity contribution in [2.75, 3.05) is 19.8 Å². The molecule has 54 heavy (non-hydrogen) atoms. The van der Waals surface area contributed by atoms with E-state index >= 15 is 0 Å². The summed E-state index contributed by atoms with van der Waals surface area (Å²) in [4.78, 5) is 34.7. The maximum Gasteiger partial charge on any atom is 0.472 e. The van der Waals surface area contributed by atoms with Gasteiger partial charge in [-0.15, -0.1) is 0 Å². The number of hydrogen-bond donors (Lipinski definition) is 1. The van der Waals surface area contributed by atoms with Crippen LogP contribution in [0.1, 0.15) is 239 Å². The van der Waals surface area contributed by atoms with E-state index in [0.717, 1.165) is 51.4 Å². The van der Waals surface area contributed by atoms with Gasteiger partial charge in [-0.05, 0) is 45.4 Å². The van der Waals surface area contributed by atoms with Crippen molar-refractivity contribution in [2.45, 2.75) is 245 Å². The molecule has 0 heterocycles. The molecule has 0 aromatic carbocycles. The zero-order valence-corrected chi connectivity index (χ0v) is 36.5. The van der Waals surface area contributed by atoms with Crippen LogP contribution in [0.5, 0.6) is 0 Å². The summed E-state index contributed by atoms with van der Waals surface area (Å²) < 4.78 is 32.6. The second-order valence-corrected chi connectivity index (χ2v) is 16.9. The molecular weight excluding hydrogens is 699 g/mol. The molecule has 0 aliphatic rings. The van der Waals surface area contributed by atoms with Crippen molar-refractivity contribution in [3.8, 4) is 0 Å². The zero-order valence-electron chi connectivity index (χ0n) is 35.6. The summed E-state index contributed by atoms with van der Waals surface area (Å²) in [6.07, 6.45) is 44.2. The molecule has 0 saturated carbocycles. The molecule has 0 aromatic heterocycles. The molecule has 2 unspecified atom stereocenters. The number of hydrogen-bond acceptors (Lipinski definition) is 7. The quantitative estimate of drug-likeness (QED) is 0.0282. The average molecular weight is 787 g/mol. The molecule has 0 rings (SSSR count). The maximum absolute atomic E-state index is 12.5. The molecule has 0 fully saturated rings. The Morgan fingerprint density at radius 1 is 0.481 bits per heavy atom. The van der Waals surface area contributed by atoms with Gasteiger partial charge in [-0.2, -0.15) is 0 Å². The summed E-state index contributed by atoms with van der Waals surface area (Å²) in [6, 6.07) is 0. The van der Waals surface area contributed by atoms with E-state index in [1.54, 1.807) is 6.92 Å². The van der Waals surface area contributed by atoms with Gasteiger partial charge in [0.15, 0.2) is 6.10 Å². The second kappa shape index (κ2) is 41.4. The van der Waals surface area contributed by atoms with Crippen LogP contribution < -0.4 is 0 Å². The minimum absolute atomic E-state index is 0.00199. The molecule has 8 nitrogen and oxygen atoms in total. The second-order valence-electron chi connectivity index (χ2n) is 15.4. The van der Waals surface area contributed by atoms with Crippen molar-refractivity contribution in [3.05, 3.63) is 12.2 Å². The van der Waals surface area contributed by atoms with E-state index in [0.29, 0.717) is 12.8 Å². The first kappa shape index (κ1) is 52.8. The number of esters is 2. The summed E-state index contributed by atoms with van der Waals surface area (Å²) in [5.41, 5.74) is 0. The Morgan fingerprint density at radius 2 is 0.833 bits per heavy atom. The first-order valence-corrected chi connectivity index (χ1v) is 24.5. The van der Waals surface area contributed by atoms with E-state index < -0.39 is 26.5 Å². The van der Waals surface area contributed by atoms with Crippen LogP contribution in [0.4, 0.5) is 0 Å². The average Bonchev–Trinajstić information content (AvgIpc) is 3.15. The highest BCUT2D eigenvalue weighted by Crippen LogP contribution is 2.43. The van der Waals surface area contributed by atoms with E-state index in [1.165, 1.54) is 148 Å². The normalized spacial score (nSPS) is 13.3. The van der Waals surface area contributed by atoms with Gasteiger partial charge in [0.05, 0.1) is 13.2 Å². The predicted molar refractivity (Wildman–Crippen MR) is 226 cm³/mol. The van der Waals surface area contributed by atoms with Crippen LogP contribution in [0.2, 0.25) is 0 Å². The van der Waals surface area contributed by atoms with E-state index in [2.05, 4.69) is 26.0 Å². The smallest absolute Gasteiger partial charge is 0.462 e. The zero-order chi connectivity index (χ0) is 39.6. The van der Waals surface area contributed by atoms with E-state index in [1.807, 2.05) is 0 Å². The fourth-order valence-corrected chi connectivity index (χ4v) is 7.44. The van der Waals surface area contributed by atoms with Crippen LogP contribution in [0.3, 0.4) is 0 Å². The Bertz CT molecular complexity index is 895. The third-order valence-corrected chi connectivity index (χ3v) is 11.1. The van der Waals surface area contributed by atoms with Gasteiger partial charge in [0, 0.05) is 12.8 Å². The number of unbranched alkanes of at least 4 members (excludes halogenated alkanes) is 29. The first-order chi connectivity index (χ1) is 26.3. The van der Waals surface area contributed by atoms with Crippen molar-refractivity contribution in [1.29, 1.82) is 0 Å². The standard InChI is InChI=1S/C45H87O8P/c1-4-7-9-11-13-15-17-19-20-21-22-23-24-25-26-27-28-30-31-33-35-37-39-44(46)50-41-43(42-52-54(48,49)51-6-3)53-45(47)40-38-36-34-32-29-18-16-14-12-10-8-5-2/h14,16,43H,4-13,15,17-42H2,1-3H3,(H,48,49)/b16-14-. The van der Waals surface area contributed by atoms with Crippen molar-refractivity contribution in [2.24, 2.45) is 0 Å². The summed E-state index contributed by atoms with van der Waals surface area (Å²) in [6.45, 7) is 5.48. The minimum Gasteiger partial charge on any atom is -0.462 e. The van der Waals surface area contributed by atoms with Crippen LogP contribution in [0, 0.1) is 0 Å². The van der Waals surface area contributed by atoms with E-state index in [9.17, 15) is 19.0 Å². The lowest BCUT2D eigenvalue weighted by Gasteiger charge is -2.19. The summed E-state index contributed by atoms with van der Waals surface area (Å²) in [7, 11) is -4.28. The SMILES string of the molecule is CCCCC/C=C\CCCCCCCC(=O)OC(COC(=O)CCCCCCCCCCCCCCCCCCCCCCCC)COP(=O)(O)OCC. The maximum atomic E-state index is 12.5. The lowest BCUT2D eigenvalue weighted by atomic mass is 10.0. The van der Waals surface area contributed by atoms with Crippen LogP contribution in [-0.4, -0.2) is 42.8 Å². The highest BCUT2D eigenvalue weighted by Gasteiger charge is 2.25. The number of carbonyl (C=O) groups is 2. The Hall–Kier alpha value is -1.21. The molecule has 0 radical (unpaired) electrons. The highest BCUT2D eigenvalue weighted by atomic mass is 31.2. The van der Waals surface area contributed by atoms with Gasteiger partial charge >= 0.3 is 19.8 Å². The van der Waals surface area contributed by atoms with Crippen LogP contribution >= 0.6 is 7.82 Å². The van der Waals surface area contributed by atoms with Gasteiger partial charge in [-0.3, -0.25) is 18.6 Å². The molecule has 0 aliphatic heterocycles. The molecule has 0 saturated heterocycles. The number of allylic oxidation sites excluding steroid dienone is 2. The van der Waals surface area contributed by atoms with Gasteiger partial charge in [-0.1, -0.05) is 193 Å². The summed E-state index contributed by atoms with van der Waals surface area (Å²) >= 11 is 0. The first-order valence-electron chi connectivity index (χ1n) is 23.0. The monoisotopic (exact) mass is 787 g/mol. The molecule has 9 heteroatoms. The van der Waals surface area contributed by atoms with Gasteiger partial charge in [0.1, 0.15) is 6.61 Å². The molecule has 1 N–H and O–H groups in total. The van der Waals surface area contributed by atoms with Gasteiger partial charge in [-0.25, -0.2) is 4.57 Å². The van der Waals surface area contributed by atoms with Crippen LogP contribution in [0.15, 0.2) is 12.2 Å². The number of ether oxygens (including phenoxy) is 2. The van der Waals surface area contributed by atoms with Crippen molar-refractivity contribution in [3.63, 3.8) is 0 Å². The number of phosphoric acid groups is 1. The van der Waals surface area contributed by atoms with Crippen molar-refractivity contribution < 1.29 is 37.6 Å². The molecule has 0 aliphatic carbocycles. The Morgan fingerprint density at radius 3 is 1.26 bits per heavy atom. The summed E-state index contributed by atoms with van der Waals surface area (Å²) in [5, 5.41) is 0. The predicted octanol–water partition coefficient (Wildman–Crippen LogP) is 14.5. The molecular formula is C45H87O8P. The van der Waals surface area contributed by atoms with Gasteiger partial charge < -0.3 is 14.4 Å². The fourth-order valence-electron chi connectivity index (χ4n) is 6.68. The van der Waals surface area contributed by atoms with Crippen molar-refractivity contribution >= 4 is 19.8 Å².